The molecular weight excluding hydrogens is 494 g/mol. The zero-order chi connectivity index (χ0) is 27.7. The number of nitrogens with two attached hydrogens (primary N) is 1. The third kappa shape index (κ3) is 8.29. The van der Waals surface area contributed by atoms with Gasteiger partial charge in [0.25, 0.3) is 0 Å². The summed E-state index contributed by atoms with van der Waals surface area (Å²) in [6, 6.07) is 0.685. The van der Waals surface area contributed by atoms with Crippen LogP contribution in [0, 0.1) is 0 Å². The Bertz CT molecular complexity index is 1180. The van der Waals surface area contributed by atoms with E-state index in [2.05, 4.69) is 10.3 Å². The topological polar surface area (TPSA) is 261 Å². The smallest absolute Gasteiger partial charge is 0.328 e. The van der Waals surface area contributed by atoms with E-state index in [4.69, 9.17) is 21.1 Å². The molecule has 15 heteroatoms. The highest BCUT2D eigenvalue weighted by molar-refractivity contribution is 5.97. The van der Waals surface area contributed by atoms with Crippen molar-refractivity contribution in [1.82, 2.24) is 20.9 Å². The fraction of sp³-hybridized carbons (Fsp3) is 0.364. The van der Waals surface area contributed by atoms with E-state index in [-0.39, 0.29) is 6.42 Å². The number of amides is 3. The second-order valence-corrected chi connectivity index (χ2v) is 8.07. The van der Waals surface area contributed by atoms with Crippen LogP contribution >= 0.6 is 0 Å². The van der Waals surface area contributed by atoms with Gasteiger partial charge >= 0.3 is 17.9 Å². The molecule has 4 unspecified atom stereocenters. The number of hydrogen-bond donors (Lipinski definition) is 9. The Balaban J connectivity index is 2.13. The fourth-order valence-electron chi connectivity index (χ4n) is 3.41. The van der Waals surface area contributed by atoms with Crippen LogP contribution in [0.3, 0.4) is 0 Å². The number of aromatic amines is 1. The van der Waals surface area contributed by atoms with Crippen molar-refractivity contribution in [3.63, 3.8) is 0 Å². The number of hydrogen-bond acceptors (Lipinski definition) is 8. The molecule has 0 fully saturated rings. The van der Waals surface area contributed by atoms with E-state index in [1.54, 1.807) is 12.3 Å². The first-order valence-electron chi connectivity index (χ1n) is 10.9. The van der Waals surface area contributed by atoms with Crippen LogP contribution in [0.2, 0.25) is 0 Å². The summed E-state index contributed by atoms with van der Waals surface area (Å²) in [5.74, 6) is -8.00. The number of para-hydroxylation sites is 1. The standard InChI is InChI=1S/C22H27N5O10/c23-12(5-10-8-24-13-4-2-1-3-11(10)13)19(33)25-14(6-17(29)30)20(34)26-15(7-18(31)32)21(35)27-16(9-28)22(36)37/h1-4,8,12,14-16,24,28H,5-7,9,23H2,(H,25,33)(H,26,34)(H,27,35)(H,29,30)(H,31,32)(H,36,37). The number of aliphatic hydroxyl groups is 1. The Morgan fingerprint density at radius 1 is 0.811 bits per heavy atom. The normalized spacial score (nSPS) is 14.1. The van der Waals surface area contributed by atoms with Gasteiger partial charge in [-0.15, -0.1) is 0 Å². The summed E-state index contributed by atoms with van der Waals surface area (Å²) in [6.07, 6.45) is -0.222. The van der Waals surface area contributed by atoms with Crippen LogP contribution in [0.1, 0.15) is 18.4 Å². The van der Waals surface area contributed by atoms with Gasteiger partial charge in [0.05, 0.1) is 25.5 Å². The zero-order valence-electron chi connectivity index (χ0n) is 19.3. The van der Waals surface area contributed by atoms with Gasteiger partial charge in [0, 0.05) is 17.1 Å². The number of carboxylic acids is 3. The number of carbonyl (C=O) groups is 6. The van der Waals surface area contributed by atoms with E-state index in [9.17, 15) is 33.9 Å². The number of fused-ring (bicyclic) bond motifs is 1. The second-order valence-electron chi connectivity index (χ2n) is 8.07. The summed E-state index contributed by atoms with van der Waals surface area (Å²) in [4.78, 5) is 74.3. The fourth-order valence-corrected chi connectivity index (χ4v) is 3.41. The molecule has 10 N–H and O–H groups in total. The summed E-state index contributed by atoms with van der Waals surface area (Å²) in [5.41, 5.74) is 7.48. The number of H-pyrrole nitrogens is 1. The lowest BCUT2D eigenvalue weighted by Gasteiger charge is -2.23. The van der Waals surface area contributed by atoms with Crippen LogP contribution in [-0.2, 0) is 35.2 Å². The molecule has 37 heavy (non-hydrogen) atoms. The summed E-state index contributed by atoms with van der Waals surface area (Å²) >= 11 is 0. The van der Waals surface area contributed by atoms with Gasteiger partial charge in [-0.3, -0.25) is 24.0 Å². The molecule has 0 spiro atoms. The predicted octanol–water partition coefficient (Wildman–Crippen LogP) is -2.48. The molecule has 2 rings (SSSR count). The Morgan fingerprint density at radius 2 is 1.32 bits per heavy atom. The van der Waals surface area contributed by atoms with E-state index < -0.39 is 79.2 Å². The Labute approximate surface area is 209 Å². The van der Waals surface area contributed by atoms with Crippen molar-refractivity contribution in [3.05, 3.63) is 36.0 Å². The molecule has 0 bridgehead atoms. The summed E-state index contributed by atoms with van der Waals surface area (Å²) in [7, 11) is 0. The maximum Gasteiger partial charge on any atom is 0.328 e. The molecule has 1 aromatic heterocycles. The highest BCUT2D eigenvalue weighted by Gasteiger charge is 2.32. The molecule has 0 aliphatic heterocycles. The van der Waals surface area contributed by atoms with Crippen molar-refractivity contribution in [2.45, 2.75) is 43.4 Å². The Morgan fingerprint density at radius 3 is 1.84 bits per heavy atom. The van der Waals surface area contributed by atoms with Crippen molar-refractivity contribution in [3.8, 4) is 0 Å². The largest absolute Gasteiger partial charge is 0.481 e. The monoisotopic (exact) mass is 521 g/mol. The number of nitrogens with one attached hydrogen (secondary N) is 4. The zero-order valence-corrected chi connectivity index (χ0v) is 19.3. The number of carbonyl (C=O) groups excluding carboxylic acids is 3. The second kappa shape index (κ2) is 13.0. The van der Waals surface area contributed by atoms with Gasteiger partial charge < -0.3 is 47.1 Å². The minimum Gasteiger partial charge on any atom is -0.481 e. The lowest BCUT2D eigenvalue weighted by atomic mass is 10.0. The van der Waals surface area contributed by atoms with Crippen LogP contribution < -0.4 is 21.7 Å². The van der Waals surface area contributed by atoms with E-state index in [1.807, 2.05) is 28.8 Å². The van der Waals surface area contributed by atoms with Gasteiger partial charge in [0.15, 0.2) is 0 Å². The van der Waals surface area contributed by atoms with Crippen LogP contribution in [0.15, 0.2) is 30.5 Å². The maximum absolute atomic E-state index is 12.7. The molecule has 2 aromatic rings. The van der Waals surface area contributed by atoms with Gasteiger partial charge in [0.1, 0.15) is 18.1 Å². The molecule has 200 valence electrons. The van der Waals surface area contributed by atoms with E-state index in [1.165, 1.54) is 0 Å². The van der Waals surface area contributed by atoms with Crippen LogP contribution in [0.25, 0.3) is 10.9 Å². The highest BCUT2D eigenvalue weighted by atomic mass is 16.4. The van der Waals surface area contributed by atoms with Crippen molar-refractivity contribution in [1.29, 1.82) is 0 Å². The molecular formula is C22H27N5O10. The SMILES string of the molecule is NC(Cc1c[nH]c2ccccc12)C(=O)NC(CC(=O)O)C(=O)NC(CC(=O)O)C(=O)NC(CO)C(=O)O. The number of rotatable bonds is 14. The Kier molecular flexibility index (Phi) is 10.1. The molecule has 3 amide bonds. The average molecular weight is 521 g/mol. The van der Waals surface area contributed by atoms with E-state index in [0.717, 1.165) is 10.9 Å². The van der Waals surface area contributed by atoms with Gasteiger partial charge in [0.2, 0.25) is 17.7 Å². The third-order valence-corrected chi connectivity index (χ3v) is 5.27. The Hall–Kier alpha value is -4.50. The quantitative estimate of drug-likeness (QED) is 0.126. The van der Waals surface area contributed by atoms with Gasteiger partial charge in [-0.25, -0.2) is 4.79 Å². The lowest BCUT2D eigenvalue weighted by Crippen LogP contribution is -2.58. The van der Waals surface area contributed by atoms with Crippen molar-refractivity contribution in [2.75, 3.05) is 6.61 Å². The molecule has 0 radical (unpaired) electrons. The number of aliphatic hydroxyl groups excluding tert-OH is 1. The molecule has 0 saturated carbocycles. The molecule has 0 saturated heterocycles. The van der Waals surface area contributed by atoms with Crippen LogP contribution in [0.5, 0.6) is 0 Å². The van der Waals surface area contributed by atoms with Crippen LogP contribution in [0.4, 0.5) is 0 Å². The molecule has 0 aliphatic carbocycles. The third-order valence-electron chi connectivity index (χ3n) is 5.27. The highest BCUT2D eigenvalue weighted by Crippen LogP contribution is 2.18. The summed E-state index contributed by atoms with van der Waals surface area (Å²) < 4.78 is 0. The van der Waals surface area contributed by atoms with Crippen molar-refractivity contribution >= 4 is 46.5 Å². The maximum atomic E-state index is 12.7. The van der Waals surface area contributed by atoms with Crippen molar-refractivity contribution in [2.24, 2.45) is 5.73 Å². The van der Waals surface area contributed by atoms with E-state index in [0.29, 0.717) is 5.56 Å². The number of carboxylic acid groups (broad SMARTS) is 3. The average Bonchev–Trinajstić information content (AvgIpc) is 3.23. The molecule has 1 aromatic carbocycles. The first-order chi connectivity index (χ1) is 17.4. The first kappa shape index (κ1) is 28.7. The number of aromatic nitrogens is 1. The number of aliphatic carboxylic acids is 3. The number of benzene rings is 1. The van der Waals surface area contributed by atoms with Gasteiger partial charge in [-0.1, -0.05) is 18.2 Å². The van der Waals surface area contributed by atoms with Gasteiger partial charge in [-0.2, -0.15) is 0 Å². The predicted molar refractivity (Wildman–Crippen MR) is 125 cm³/mol. The van der Waals surface area contributed by atoms with Crippen LogP contribution in [-0.4, -0.2) is 91.8 Å². The molecule has 15 nitrogen and oxygen atoms in total. The summed E-state index contributed by atoms with van der Waals surface area (Å²) in [5, 5.41) is 43.1. The summed E-state index contributed by atoms with van der Waals surface area (Å²) in [6.45, 7) is -1.01. The minimum atomic E-state index is -1.84. The molecule has 4 atom stereocenters. The first-order valence-corrected chi connectivity index (χ1v) is 10.9. The van der Waals surface area contributed by atoms with Crippen molar-refractivity contribution < 1.29 is 49.2 Å². The minimum absolute atomic E-state index is 0.0407. The van der Waals surface area contributed by atoms with E-state index >= 15 is 0 Å². The van der Waals surface area contributed by atoms with Gasteiger partial charge in [-0.05, 0) is 18.1 Å². The molecule has 0 aliphatic rings. The lowest BCUT2D eigenvalue weighted by molar-refractivity contribution is -0.145. The molecule has 1 heterocycles.